The van der Waals surface area contributed by atoms with E-state index in [0.29, 0.717) is 11.5 Å². The Morgan fingerprint density at radius 3 is 2.62 bits per heavy atom. The topological polar surface area (TPSA) is 29.1 Å². The Morgan fingerprint density at radius 1 is 1.14 bits per heavy atom. The number of fused-ring (bicyclic) bond motifs is 1. The third-order valence-corrected chi connectivity index (χ3v) is 3.83. The van der Waals surface area contributed by atoms with Gasteiger partial charge in [-0.25, -0.2) is 0 Å². The molecule has 1 aliphatic heterocycles. The molecule has 1 N–H and O–H groups in total. The molecule has 0 bridgehead atoms. The lowest BCUT2D eigenvalue weighted by Crippen LogP contribution is -2.03. The van der Waals surface area contributed by atoms with Gasteiger partial charge in [-0.05, 0) is 42.7 Å². The van der Waals surface area contributed by atoms with Crippen LogP contribution in [-0.2, 0) is 11.2 Å². The lowest BCUT2D eigenvalue weighted by atomic mass is 10.0. The summed E-state index contributed by atoms with van der Waals surface area (Å²) in [5, 5.41) is 2.91. The van der Waals surface area contributed by atoms with Crippen LogP contribution in [0.1, 0.15) is 22.3 Å². The van der Waals surface area contributed by atoms with Crippen molar-refractivity contribution in [2.75, 3.05) is 11.2 Å². The molecule has 0 saturated carbocycles. The van der Waals surface area contributed by atoms with E-state index in [0.717, 1.165) is 28.8 Å². The van der Waals surface area contributed by atoms with Gasteiger partial charge in [-0.1, -0.05) is 35.9 Å². The van der Waals surface area contributed by atoms with Crippen LogP contribution in [0.3, 0.4) is 0 Å². The molecule has 2 aromatic carbocycles. The number of benzene rings is 2. The zero-order valence-corrected chi connectivity index (χ0v) is 12.6. The molecule has 0 unspecified atom stereocenters. The summed E-state index contributed by atoms with van der Waals surface area (Å²) in [6, 6.07) is 14.2. The minimum atomic E-state index is -0.0476. The van der Waals surface area contributed by atoms with Crippen molar-refractivity contribution in [1.29, 1.82) is 0 Å². The van der Waals surface area contributed by atoms with E-state index in [1.54, 1.807) is 0 Å². The highest BCUT2D eigenvalue weighted by atomic mass is 35.5. The lowest BCUT2D eigenvalue weighted by Gasteiger charge is -2.03. The number of aryl methyl sites for hydroxylation is 2. The molecule has 2 nitrogen and oxygen atoms in total. The maximum absolute atomic E-state index is 12.2. The van der Waals surface area contributed by atoms with Crippen LogP contribution in [0, 0.1) is 6.92 Å². The van der Waals surface area contributed by atoms with Crippen LogP contribution in [0.2, 0.25) is 0 Å². The van der Waals surface area contributed by atoms with E-state index in [9.17, 15) is 4.79 Å². The quantitative estimate of drug-likeness (QED) is 0.665. The van der Waals surface area contributed by atoms with E-state index in [4.69, 9.17) is 11.6 Å². The van der Waals surface area contributed by atoms with Crippen molar-refractivity contribution in [2.24, 2.45) is 0 Å². The minimum absolute atomic E-state index is 0.0476. The first-order valence-electron chi connectivity index (χ1n) is 6.96. The van der Waals surface area contributed by atoms with Crippen LogP contribution in [0.4, 0.5) is 5.69 Å². The molecular weight excluding hydrogens is 282 g/mol. The predicted molar refractivity (Wildman–Crippen MR) is 88.5 cm³/mol. The molecule has 1 aliphatic rings. The van der Waals surface area contributed by atoms with Crippen molar-refractivity contribution in [3.05, 3.63) is 64.7 Å². The van der Waals surface area contributed by atoms with Gasteiger partial charge in [0.15, 0.2) is 0 Å². The van der Waals surface area contributed by atoms with E-state index in [-0.39, 0.29) is 5.91 Å². The molecule has 0 saturated heterocycles. The molecule has 3 heteroatoms. The van der Waals surface area contributed by atoms with E-state index < -0.39 is 0 Å². The van der Waals surface area contributed by atoms with Crippen molar-refractivity contribution in [3.8, 4) is 0 Å². The van der Waals surface area contributed by atoms with Gasteiger partial charge in [0.25, 0.3) is 5.91 Å². The summed E-state index contributed by atoms with van der Waals surface area (Å²) in [5.41, 5.74) is 5.93. The highest BCUT2D eigenvalue weighted by molar-refractivity contribution is 6.34. The maximum Gasteiger partial charge on any atom is 0.256 e. The number of amides is 1. The third-order valence-electron chi connectivity index (χ3n) is 3.64. The van der Waals surface area contributed by atoms with E-state index >= 15 is 0 Å². The molecule has 3 rings (SSSR count). The number of hydrogen-bond acceptors (Lipinski definition) is 1. The Balaban J connectivity index is 2.02. The summed E-state index contributed by atoms with van der Waals surface area (Å²) in [6.07, 6.45) is 2.74. The van der Waals surface area contributed by atoms with Crippen LogP contribution < -0.4 is 5.32 Å². The van der Waals surface area contributed by atoms with E-state index in [2.05, 4.69) is 11.4 Å². The second kappa shape index (κ2) is 5.74. The molecule has 0 atom stereocenters. The number of rotatable bonds is 3. The van der Waals surface area contributed by atoms with Crippen molar-refractivity contribution in [2.45, 2.75) is 13.3 Å². The van der Waals surface area contributed by atoms with Gasteiger partial charge in [-0.2, -0.15) is 0 Å². The molecule has 21 heavy (non-hydrogen) atoms. The Bertz CT molecular complexity index is 716. The molecule has 1 amide bonds. The van der Waals surface area contributed by atoms with E-state index in [1.807, 2.05) is 49.4 Å². The fourth-order valence-electron chi connectivity index (χ4n) is 2.47. The smallest absolute Gasteiger partial charge is 0.256 e. The number of nitrogens with one attached hydrogen (secondary N) is 1. The zero-order valence-electron chi connectivity index (χ0n) is 11.8. The number of carbonyl (C=O) groups is 1. The third kappa shape index (κ3) is 2.86. The predicted octanol–water partition coefficient (Wildman–Crippen LogP) is 4.27. The molecule has 0 spiro atoms. The SMILES string of the molecule is Cc1ccc(C=C2C(=O)Nc3ccc(CCCl)cc32)cc1. The van der Waals surface area contributed by atoms with Crippen LogP contribution in [0.5, 0.6) is 0 Å². The second-order valence-corrected chi connectivity index (χ2v) is 5.62. The summed E-state index contributed by atoms with van der Waals surface area (Å²) in [5.74, 6) is 0.533. The molecule has 0 aliphatic carbocycles. The highest BCUT2D eigenvalue weighted by Gasteiger charge is 2.24. The first-order chi connectivity index (χ1) is 10.2. The van der Waals surface area contributed by atoms with Crippen molar-refractivity contribution < 1.29 is 4.79 Å². The Kier molecular flexibility index (Phi) is 3.80. The summed E-state index contributed by atoms with van der Waals surface area (Å²) in [6.45, 7) is 2.05. The fraction of sp³-hybridized carbons (Fsp3) is 0.167. The van der Waals surface area contributed by atoms with Gasteiger partial charge in [0.05, 0.1) is 0 Å². The van der Waals surface area contributed by atoms with Crippen molar-refractivity contribution in [1.82, 2.24) is 0 Å². The van der Waals surface area contributed by atoms with Gasteiger partial charge < -0.3 is 5.32 Å². The number of halogens is 1. The maximum atomic E-state index is 12.2. The van der Waals surface area contributed by atoms with Crippen molar-refractivity contribution in [3.63, 3.8) is 0 Å². The van der Waals surface area contributed by atoms with Gasteiger partial charge in [-0.15, -0.1) is 11.6 Å². The van der Waals surface area contributed by atoms with Gasteiger partial charge in [0.2, 0.25) is 0 Å². The van der Waals surface area contributed by atoms with Crippen LogP contribution in [0.15, 0.2) is 42.5 Å². The largest absolute Gasteiger partial charge is 0.321 e. The van der Waals surface area contributed by atoms with Gasteiger partial charge in [0.1, 0.15) is 0 Å². The molecule has 0 fully saturated rings. The number of alkyl halides is 1. The lowest BCUT2D eigenvalue weighted by molar-refractivity contribution is -0.110. The summed E-state index contributed by atoms with van der Waals surface area (Å²) in [7, 11) is 0. The summed E-state index contributed by atoms with van der Waals surface area (Å²) >= 11 is 5.80. The van der Waals surface area contributed by atoms with Gasteiger partial charge >= 0.3 is 0 Å². The van der Waals surface area contributed by atoms with Gasteiger partial charge in [-0.3, -0.25) is 4.79 Å². The van der Waals surface area contributed by atoms with Crippen molar-refractivity contribution >= 4 is 34.8 Å². The Hall–Kier alpha value is -2.06. The average Bonchev–Trinajstić information content (AvgIpc) is 2.78. The summed E-state index contributed by atoms with van der Waals surface area (Å²) in [4.78, 5) is 12.2. The molecule has 1 heterocycles. The molecular formula is C18H16ClNO. The first kappa shape index (κ1) is 13.9. The molecule has 106 valence electrons. The monoisotopic (exact) mass is 297 g/mol. The highest BCUT2D eigenvalue weighted by Crippen LogP contribution is 2.34. The Morgan fingerprint density at radius 2 is 1.90 bits per heavy atom. The van der Waals surface area contributed by atoms with Crippen LogP contribution >= 0.6 is 11.6 Å². The van der Waals surface area contributed by atoms with Crippen LogP contribution in [0.25, 0.3) is 11.6 Å². The molecule has 0 radical (unpaired) electrons. The van der Waals surface area contributed by atoms with Crippen LogP contribution in [-0.4, -0.2) is 11.8 Å². The molecule has 0 aromatic heterocycles. The normalized spacial score (nSPS) is 15.1. The zero-order chi connectivity index (χ0) is 14.8. The standard InChI is InChI=1S/C18H16ClNO/c1-12-2-4-13(5-3-12)11-16-15-10-14(8-9-19)6-7-17(15)20-18(16)21/h2-7,10-11H,8-9H2,1H3,(H,20,21). The first-order valence-corrected chi connectivity index (χ1v) is 7.50. The van der Waals surface area contributed by atoms with Gasteiger partial charge in [0, 0.05) is 22.7 Å². The Labute approximate surface area is 129 Å². The summed E-state index contributed by atoms with van der Waals surface area (Å²) < 4.78 is 0. The fourth-order valence-corrected chi connectivity index (χ4v) is 2.69. The van der Waals surface area contributed by atoms with E-state index in [1.165, 1.54) is 5.56 Å². The number of anilines is 1. The number of carbonyl (C=O) groups excluding carboxylic acids is 1. The molecule has 2 aromatic rings. The average molecular weight is 298 g/mol. The second-order valence-electron chi connectivity index (χ2n) is 5.24. The number of hydrogen-bond donors (Lipinski definition) is 1. The minimum Gasteiger partial charge on any atom is -0.321 e.